The Bertz CT molecular complexity index is 266. The molecule has 0 spiro atoms. The number of pyridine rings is 1. The molecule has 0 saturated carbocycles. The predicted molar refractivity (Wildman–Crippen MR) is 49.4 cm³/mol. The predicted octanol–water partition coefficient (Wildman–Crippen LogP) is 0.472. The zero-order chi connectivity index (χ0) is 9.68. The van der Waals surface area contributed by atoms with Gasteiger partial charge in [0.25, 0.3) is 0 Å². The van der Waals surface area contributed by atoms with Crippen LogP contribution in [0.5, 0.6) is 5.75 Å². The van der Waals surface area contributed by atoms with Gasteiger partial charge in [0.15, 0.2) is 0 Å². The number of ether oxygens (including phenoxy) is 1. The highest BCUT2D eigenvalue weighted by molar-refractivity contribution is 5.29. The van der Waals surface area contributed by atoms with Crippen LogP contribution < -0.4 is 10.5 Å². The second kappa shape index (κ2) is 4.79. The molecule has 1 aromatic heterocycles. The first kappa shape index (κ1) is 9.95. The van der Waals surface area contributed by atoms with Gasteiger partial charge in [0.1, 0.15) is 5.75 Å². The van der Waals surface area contributed by atoms with Crippen LogP contribution in [0, 0.1) is 0 Å². The minimum absolute atomic E-state index is 0.0564. The standard InChI is InChI=1S/C9H14N2O2/c1-13-8-3-2-5-11-9(8)7(10)4-6-12/h2-3,5,7,12H,4,6,10H2,1H3/t7-/m0/s1. The molecule has 0 aliphatic rings. The summed E-state index contributed by atoms with van der Waals surface area (Å²) in [5.74, 6) is 0.670. The number of hydrogen-bond acceptors (Lipinski definition) is 4. The topological polar surface area (TPSA) is 68.4 Å². The van der Waals surface area contributed by atoms with Crippen LogP contribution in [-0.2, 0) is 0 Å². The number of hydrogen-bond donors (Lipinski definition) is 2. The molecular weight excluding hydrogens is 168 g/mol. The van der Waals surface area contributed by atoms with Crippen LogP contribution in [-0.4, -0.2) is 23.8 Å². The van der Waals surface area contributed by atoms with Crippen molar-refractivity contribution in [2.24, 2.45) is 5.73 Å². The second-order valence-electron chi connectivity index (χ2n) is 2.71. The summed E-state index contributed by atoms with van der Waals surface area (Å²) in [5, 5.41) is 8.71. The molecule has 3 N–H and O–H groups in total. The van der Waals surface area contributed by atoms with Crippen LogP contribution in [0.3, 0.4) is 0 Å². The van der Waals surface area contributed by atoms with E-state index in [0.717, 1.165) is 0 Å². The number of aliphatic hydroxyl groups is 1. The average Bonchev–Trinajstić information content (AvgIpc) is 2.18. The molecule has 0 unspecified atom stereocenters. The van der Waals surface area contributed by atoms with Crippen molar-refractivity contribution >= 4 is 0 Å². The van der Waals surface area contributed by atoms with Crippen LogP contribution in [0.15, 0.2) is 18.3 Å². The first-order valence-electron chi connectivity index (χ1n) is 4.15. The maximum absolute atomic E-state index is 8.71. The maximum atomic E-state index is 8.71. The lowest BCUT2D eigenvalue weighted by Gasteiger charge is -2.12. The summed E-state index contributed by atoms with van der Waals surface area (Å²) in [4.78, 5) is 4.11. The Morgan fingerprint density at radius 2 is 2.46 bits per heavy atom. The maximum Gasteiger partial charge on any atom is 0.141 e. The number of aromatic nitrogens is 1. The Balaban J connectivity index is 2.85. The van der Waals surface area contributed by atoms with Gasteiger partial charge in [-0.3, -0.25) is 4.98 Å². The van der Waals surface area contributed by atoms with E-state index >= 15 is 0 Å². The molecule has 0 bridgehead atoms. The van der Waals surface area contributed by atoms with E-state index in [1.165, 1.54) is 0 Å². The summed E-state index contributed by atoms with van der Waals surface area (Å²) in [5.41, 5.74) is 6.47. The molecule has 0 fully saturated rings. The first-order chi connectivity index (χ1) is 6.29. The fraction of sp³-hybridized carbons (Fsp3) is 0.444. The fourth-order valence-corrected chi connectivity index (χ4v) is 1.13. The molecule has 0 amide bonds. The first-order valence-corrected chi connectivity index (χ1v) is 4.15. The van der Waals surface area contributed by atoms with Crippen molar-refractivity contribution in [3.63, 3.8) is 0 Å². The van der Waals surface area contributed by atoms with Gasteiger partial charge in [-0.15, -0.1) is 0 Å². The summed E-state index contributed by atoms with van der Waals surface area (Å²) < 4.78 is 5.09. The van der Waals surface area contributed by atoms with Crippen molar-refractivity contribution in [2.75, 3.05) is 13.7 Å². The lowest BCUT2D eigenvalue weighted by atomic mass is 10.1. The Morgan fingerprint density at radius 1 is 1.69 bits per heavy atom. The Hall–Kier alpha value is -1.13. The molecule has 13 heavy (non-hydrogen) atoms. The van der Waals surface area contributed by atoms with E-state index in [4.69, 9.17) is 15.6 Å². The smallest absolute Gasteiger partial charge is 0.141 e. The molecule has 0 radical (unpaired) electrons. The van der Waals surface area contributed by atoms with Crippen molar-refractivity contribution in [1.29, 1.82) is 0 Å². The van der Waals surface area contributed by atoms with E-state index < -0.39 is 0 Å². The number of nitrogens with two attached hydrogens (primary N) is 1. The van der Waals surface area contributed by atoms with Gasteiger partial charge in [-0.1, -0.05) is 0 Å². The van der Waals surface area contributed by atoms with Crippen LogP contribution in [0.4, 0.5) is 0 Å². The third-order valence-corrected chi connectivity index (χ3v) is 1.81. The van der Waals surface area contributed by atoms with E-state index in [9.17, 15) is 0 Å². The molecule has 0 saturated heterocycles. The highest BCUT2D eigenvalue weighted by Crippen LogP contribution is 2.21. The van der Waals surface area contributed by atoms with Crippen molar-refractivity contribution in [1.82, 2.24) is 4.98 Å². The molecule has 0 aromatic carbocycles. The number of aliphatic hydroxyl groups excluding tert-OH is 1. The van der Waals surface area contributed by atoms with Gasteiger partial charge in [-0.05, 0) is 18.6 Å². The zero-order valence-corrected chi connectivity index (χ0v) is 7.60. The van der Waals surface area contributed by atoms with E-state index in [2.05, 4.69) is 4.98 Å². The molecule has 1 atom stereocenters. The quantitative estimate of drug-likeness (QED) is 0.710. The molecule has 0 aliphatic heterocycles. The molecular formula is C9H14N2O2. The van der Waals surface area contributed by atoms with Crippen LogP contribution >= 0.6 is 0 Å². The minimum atomic E-state index is -0.263. The van der Waals surface area contributed by atoms with Gasteiger partial charge in [-0.25, -0.2) is 0 Å². The second-order valence-corrected chi connectivity index (χ2v) is 2.71. The highest BCUT2D eigenvalue weighted by Gasteiger charge is 2.11. The van der Waals surface area contributed by atoms with E-state index in [1.807, 2.05) is 0 Å². The number of rotatable bonds is 4. The molecule has 1 rings (SSSR count). The third-order valence-electron chi connectivity index (χ3n) is 1.81. The molecule has 1 heterocycles. The number of methoxy groups -OCH3 is 1. The summed E-state index contributed by atoms with van der Waals surface area (Å²) in [6.45, 7) is 0.0564. The molecule has 1 aromatic rings. The normalized spacial score (nSPS) is 12.5. The molecule has 0 aliphatic carbocycles. The van der Waals surface area contributed by atoms with Crippen LogP contribution in [0.1, 0.15) is 18.2 Å². The van der Waals surface area contributed by atoms with Gasteiger partial charge >= 0.3 is 0 Å². The highest BCUT2D eigenvalue weighted by atomic mass is 16.5. The average molecular weight is 182 g/mol. The van der Waals surface area contributed by atoms with Gasteiger partial charge in [0, 0.05) is 12.8 Å². The zero-order valence-electron chi connectivity index (χ0n) is 7.60. The fourth-order valence-electron chi connectivity index (χ4n) is 1.13. The van der Waals surface area contributed by atoms with Gasteiger partial charge in [0.05, 0.1) is 18.8 Å². The summed E-state index contributed by atoms with van der Waals surface area (Å²) in [6.07, 6.45) is 2.16. The monoisotopic (exact) mass is 182 g/mol. The van der Waals surface area contributed by atoms with Crippen LogP contribution in [0.25, 0.3) is 0 Å². The summed E-state index contributed by atoms with van der Waals surface area (Å²) in [7, 11) is 1.58. The van der Waals surface area contributed by atoms with Crippen LogP contribution in [0.2, 0.25) is 0 Å². The summed E-state index contributed by atoms with van der Waals surface area (Å²) >= 11 is 0. The Morgan fingerprint density at radius 3 is 3.08 bits per heavy atom. The number of nitrogens with zero attached hydrogens (tertiary/aromatic N) is 1. The van der Waals surface area contributed by atoms with Crippen molar-refractivity contribution < 1.29 is 9.84 Å². The van der Waals surface area contributed by atoms with Gasteiger partial charge in [0.2, 0.25) is 0 Å². The summed E-state index contributed by atoms with van der Waals surface area (Å²) in [6, 6.07) is 3.33. The van der Waals surface area contributed by atoms with Gasteiger partial charge in [-0.2, -0.15) is 0 Å². The minimum Gasteiger partial charge on any atom is -0.495 e. The molecule has 4 heteroatoms. The largest absolute Gasteiger partial charge is 0.495 e. The third kappa shape index (κ3) is 2.40. The van der Waals surface area contributed by atoms with E-state index in [-0.39, 0.29) is 12.6 Å². The van der Waals surface area contributed by atoms with Crippen molar-refractivity contribution in [3.05, 3.63) is 24.0 Å². The van der Waals surface area contributed by atoms with Gasteiger partial charge < -0.3 is 15.6 Å². The van der Waals surface area contributed by atoms with Crippen molar-refractivity contribution in [3.8, 4) is 5.75 Å². The molecule has 4 nitrogen and oxygen atoms in total. The van der Waals surface area contributed by atoms with E-state index in [1.54, 1.807) is 25.4 Å². The van der Waals surface area contributed by atoms with Crippen molar-refractivity contribution in [2.45, 2.75) is 12.5 Å². The lowest BCUT2D eigenvalue weighted by Crippen LogP contribution is -2.14. The van der Waals surface area contributed by atoms with E-state index in [0.29, 0.717) is 17.9 Å². The molecule has 72 valence electrons. The SMILES string of the molecule is COc1cccnc1[C@@H](N)CCO. The Kier molecular flexibility index (Phi) is 3.67. The lowest BCUT2D eigenvalue weighted by molar-refractivity contribution is 0.274. The Labute approximate surface area is 77.4 Å².